The lowest BCUT2D eigenvalue weighted by atomic mass is 10.1. The number of carbonyl (C=O) groups is 1. The first-order valence-electron chi connectivity index (χ1n) is 5.94. The fourth-order valence-corrected chi connectivity index (χ4v) is 4.31. The number of benzene rings is 1. The van der Waals surface area contributed by atoms with Gasteiger partial charge in [-0.1, -0.05) is 0 Å². The van der Waals surface area contributed by atoms with Crippen molar-refractivity contribution < 1.29 is 22.5 Å². The molecule has 0 aliphatic carbocycles. The molecule has 1 saturated heterocycles. The molecule has 1 heterocycles. The highest BCUT2D eigenvalue weighted by molar-refractivity contribution is 9.10. The summed E-state index contributed by atoms with van der Waals surface area (Å²) in [5, 5.41) is 11.1. The van der Waals surface area contributed by atoms with Crippen LogP contribution in [0.4, 0.5) is 15.8 Å². The van der Waals surface area contributed by atoms with Crippen LogP contribution in [0, 0.1) is 21.8 Å². The zero-order chi connectivity index (χ0) is 16.7. The third kappa shape index (κ3) is 3.73. The summed E-state index contributed by atoms with van der Waals surface area (Å²) < 4.78 is 35.5. The number of nitrogens with zero attached hydrogens (tertiary/aromatic N) is 2. The maximum Gasteiger partial charge on any atom is 0.297 e. The molecule has 1 aliphatic rings. The van der Waals surface area contributed by atoms with Crippen LogP contribution in [-0.2, 0) is 13.8 Å². The zero-order valence-electron chi connectivity index (χ0n) is 10.8. The lowest BCUT2D eigenvalue weighted by Crippen LogP contribution is -2.26. The summed E-state index contributed by atoms with van der Waals surface area (Å²) in [7, 11) is 1.37. The number of hydrogen-bond donors (Lipinski definition) is 0. The standard InChI is InChI=1S/C11H9BrClFN2O5S/c12-8-2-7(14)3-9(16(18)19)11(8)15-4-6(1-10(15)17)5-22(13,20)21/h2-3,6H,1,4-5H2. The average molecular weight is 416 g/mol. The highest BCUT2D eigenvalue weighted by Gasteiger charge is 2.37. The summed E-state index contributed by atoms with van der Waals surface area (Å²) in [5.74, 6) is -2.30. The van der Waals surface area contributed by atoms with Crippen molar-refractivity contribution in [2.24, 2.45) is 5.92 Å². The van der Waals surface area contributed by atoms with Crippen molar-refractivity contribution in [1.82, 2.24) is 0 Å². The monoisotopic (exact) mass is 414 g/mol. The van der Waals surface area contributed by atoms with Crippen molar-refractivity contribution in [3.05, 3.63) is 32.5 Å². The van der Waals surface area contributed by atoms with Gasteiger partial charge >= 0.3 is 0 Å². The van der Waals surface area contributed by atoms with E-state index in [0.717, 1.165) is 11.0 Å². The van der Waals surface area contributed by atoms with Crippen LogP contribution in [-0.4, -0.2) is 31.5 Å². The Hall–Kier alpha value is -1.26. The molecule has 0 spiro atoms. The summed E-state index contributed by atoms with van der Waals surface area (Å²) in [6.07, 6.45) is -0.104. The van der Waals surface area contributed by atoms with E-state index in [1.807, 2.05) is 0 Å². The average Bonchev–Trinajstić information content (AvgIpc) is 2.66. The molecule has 1 aromatic rings. The zero-order valence-corrected chi connectivity index (χ0v) is 14.0. The Bertz CT molecular complexity index is 757. The molecule has 0 aromatic heterocycles. The van der Waals surface area contributed by atoms with Crippen molar-refractivity contribution in [2.75, 3.05) is 17.2 Å². The second-order valence-electron chi connectivity index (χ2n) is 4.79. The van der Waals surface area contributed by atoms with Gasteiger partial charge in [0.2, 0.25) is 15.0 Å². The minimum atomic E-state index is -3.79. The molecule has 1 atom stereocenters. The number of hydrogen-bond acceptors (Lipinski definition) is 5. The molecule has 1 fully saturated rings. The van der Waals surface area contributed by atoms with Crippen molar-refractivity contribution in [3.8, 4) is 0 Å². The van der Waals surface area contributed by atoms with E-state index in [-0.39, 0.29) is 23.1 Å². The Labute approximate surface area is 137 Å². The molecule has 1 amide bonds. The molecule has 1 aliphatic heterocycles. The molecule has 0 bridgehead atoms. The lowest BCUT2D eigenvalue weighted by molar-refractivity contribution is -0.384. The van der Waals surface area contributed by atoms with E-state index in [0.29, 0.717) is 6.07 Å². The molecule has 0 radical (unpaired) electrons. The van der Waals surface area contributed by atoms with Crippen LogP contribution in [0.2, 0.25) is 0 Å². The minimum Gasteiger partial charge on any atom is -0.305 e. The van der Waals surface area contributed by atoms with Crippen molar-refractivity contribution in [3.63, 3.8) is 0 Å². The van der Waals surface area contributed by atoms with Gasteiger partial charge in [0.15, 0.2) is 0 Å². The van der Waals surface area contributed by atoms with Gasteiger partial charge in [-0.15, -0.1) is 0 Å². The molecule has 7 nitrogen and oxygen atoms in total. The second kappa shape index (κ2) is 6.09. The number of nitro benzene ring substituents is 1. The number of carbonyl (C=O) groups excluding carboxylic acids is 1. The number of amides is 1. The van der Waals surface area contributed by atoms with Crippen molar-refractivity contribution in [2.45, 2.75) is 6.42 Å². The number of rotatable bonds is 4. The van der Waals surface area contributed by atoms with E-state index in [2.05, 4.69) is 15.9 Å². The highest BCUT2D eigenvalue weighted by Crippen LogP contribution is 2.39. The van der Waals surface area contributed by atoms with Crippen LogP contribution in [0.25, 0.3) is 0 Å². The topological polar surface area (TPSA) is 97.6 Å². The molecule has 0 N–H and O–H groups in total. The normalized spacial score (nSPS) is 18.8. The van der Waals surface area contributed by atoms with E-state index in [9.17, 15) is 27.7 Å². The molecule has 1 aromatic carbocycles. The van der Waals surface area contributed by atoms with Gasteiger partial charge in [0.1, 0.15) is 11.5 Å². The van der Waals surface area contributed by atoms with Crippen LogP contribution in [0.15, 0.2) is 16.6 Å². The molecular formula is C11H9BrClFN2O5S. The van der Waals surface area contributed by atoms with Crippen LogP contribution in [0.5, 0.6) is 0 Å². The third-order valence-electron chi connectivity index (χ3n) is 3.11. The van der Waals surface area contributed by atoms with E-state index in [1.54, 1.807) is 0 Å². The van der Waals surface area contributed by atoms with Gasteiger partial charge in [0.25, 0.3) is 5.69 Å². The number of nitro groups is 1. The van der Waals surface area contributed by atoms with Gasteiger partial charge in [-0.3, -0.25) is 14.9 Å². The van der Waals surface area contributed by atoms with Crippen LogP contribution >= 0.6 is 26.6 Å². The summed E-state index contributed by atoms with van der Waals surface area (Å²) in [5.41, 5.74) is -0.666. The number of anilines is 1. The Morgan fingerprint density at radius 3 is 2.68 bits per heavy atom. The summed E-state index contributed by atoms with van der Waals surface area (Å²) in [6.45, 7) is -0.0458. The minimum absolute atomic E-state index is 0.0435. The lowest BCUT2D eigenvalue weighted by Gasteiger charge is -2.18. The molecule has 120 valence electrons. The SMILES string of the molecule is O=C1CC(CS(=O)(=O)Cl)CN1c1c(Br)cc(F)cc1[N+](=O)[O-]. The quantitative estimate of drug-likeness (QED) is 0.427. The summed E-state index contributed by atoms with van der Waals surface area (Å²) in [4.78, 5) is 23.4. The van der Waals surface area contributed by atoms with Crippen LogP contribution < -0.4 is 4.90 Å². The fourth-order valence-electron chi connectivity index (χ4n) is 2.35. The Kier molecular flexibility index (Phi) is 4.73. The molecular weight excluding hydrogens is 407 g/mol. The number of halogens is 3. The van der Waals surface area contributed by atoms with Crippen molar-refractivity contribution >= 4 is 52.9 Å². The highest BCUT2D eigenvalue weighted by atomic mass is 79.9. The van der Waals surface area contributed by atoms with E-state index in [4.69, 9.17) is 10.7 Å². The predicted molar refractivity (Wildman–Crippen MR) is 80.9 cm³/mol. The van der Waals surface area contributed by atoms with Gasteiger partial charge in [0, 0.05) is 29.6 Å². The fraction of sp³-hybridized carbons (Fsp3) is 0.364. The maximum atomic E-state index is 13.3. The summed E-state index contributed by atoms with van der Waals surface area (Å²) in [6, 6.07) is 1.71. The molecule has 0 saturated carbocycles. The largest absolute Gasteiger partial charge is 0.305 e. The van der Waals surface area contributed by atoms with Gasteiger partial charge < -0.3 is 4.90 Å². The van der Waals surface area contributed by atoms with Gasteiger partial charge in [-0.25, -0.2) is 12.8 Å². The first-order chi connectivity index (χ1) is 10.1. The maximum absolute atomic E-state index is 13.3. The smallest absolute Gasteiger partial charge is 0.297 e. The predicted octanol–water partition coefficient (Wildman–Crippen LogP) is 2.42. The molecule has 2 rings (SSSR count). The first-order valence-corrected chi connectivity index (χ1v) is 9.22. The van der Waals surface area contributed by atoms with E-state index >= 15 is 0 Å². The van der Waals surface area contributed by atoms with Gasteiger partial charge in [0.05, 0.1) is 21.2 Å². The third-order valence-corrected chi connectivity index (χ3v) is 4.97. The van der Waals surface area contributed by atoms with E-state index < -0.39 is 43.1 Å². The van der Waals surface area contributed by atoms with Gasteiger partial charge in [-0.05, 0) is 22.0 Å². The van der Waals surface area contributed by atoms with Crippen LogP contribution in [0.3, 0.4) is 0 Å². The molecule has 22 heavy (non-hydrogen) atoms. The Morgan fingerprint density at radius 1 is 1.50 bits per heavy atom. The van der Waals surface area contributed by atoms with Gasteiger partial charge in [-0.2, -0.15) is 0 Å². The van der Waals surface area contributed by atoms with Crippen LogP contribution in [0.1, 0.15) is 6.42 Å². The second-order valence-corrected chi connectivity index (χ2v) is 8.47. The van der Waals surface area contributed by atoms with E-state index in [1.165, 1.54) is 0 Å². The Morgan fingerprint density at radius 2 is 2.14 bits per heavy atom. The summed E-state index contributed by atoms with van der Waals surface area (Å²) >= 11 is 3.00. The van der Waals surface area contributed by atoms with Crippen molar-refractivity contribution in [1.29, 1.82) is 0 Å². The molecule has 11 heteroatoms. The molecule has 1 unspecified atom stereocenters. The first kappa shape index (κ1) is 17.1. The Balaban J connectivity index is 2.40.